The van der Waals surface area contributed by atoms with Gasteiger partial charge in [0, 0.05) is 17.8 Å². The average Bonchev–Trinajstić information content (AvgIpc) is 2.53. The lowest BCUT2D eigenvalue weighted by atomic mass is 10.0. The monoisotopic (exact) mass is 247 g/mol. The van der Waals surface area contributed by atoms with E-state index in [9.17, 15) is 0 Å². The Hall–Kier alpha value is -1.55. The van der Waals surface area contributed by atoms with Crippen molar-refractivity contribution in [2.75, 3.05) is 5.32 Å². The highest BCUT2D eigenvalue weighted by atomic mass is 32.1. The number of rotatable bonds is 1. The van der Waals surface area contributed by atoms with Crippen LogP contribution in [0.1, 0.15) is 20.3 Å². The van der Waals surface area contributed by atoms with E-state index >= 15 is 0 Å². The summed E-state index contributed by atoms with van der Waals surface area (Å²) < 4.78 is 0. The van der Waals surface area contributed by atoms with Gasteiger partial charge in [0.2, 0.25) is 0 Å². The molecule has 17 heavy (non-hydrogen) atoms. The van der Waals surface area contributed by atoms with Crippen molar-refractivity contribution in [3.63, 3.8) is 0 Å². The third-order valence-electron chi connectivity index (χ3n) is 2.75. The molecule has 0 unspecified atom stereocenters. The molecule has 0 amide bonds. The lowest BCUT2D eigenvalue weighted by molar-refractivity contribution is 0.233. The molecule has 0 bridgehead atoms. The number of hydrogen-bond donors (Lipinski definition) is 2. The maximum absolute atomic E-state index is 5.41. The lowest BCUT2D eigenvalue weighted by Crippen LogP contribution is -2.49. The molecular weight excluding hydrogens is 230 g/mol. The number of hydrazine groups is 1. The zero-order chi connectivity index (χ0) is 12.5. The Morgan fingerprint density at radius 1 is 1.41 bits per heavy atom. The second kappa shape index (κ2) is 4.37. The Morgan fingerprint density at radius 3 is 2.59 bits per heavy atom. The third kappa shape index (κ3) is 2.58. The topological polar surface area (TPSA) is 27.3 Å². The SMILES string of the molecule is C=C1CC(C)(C)N(C(=S)Nc2ccccc2)N1. The first-order valence-electron chi connectivity index (χ1n) is 5.60. The van der Waals surface area contributed by atoms with Gasteiger partial charge in [-0.3, -0.25) is 5.01 Å². The van der Waals surface area contributed by atoms with Crippen molar-refractivity contribution in [2.24, 2.45) is 0 Å². The van der Waals surface area contributed by atoms with E-state index in [1.54, 1.807) is 0 Å². The molecule has 1 aliphatic rings. The second-order valence-corrected chi connectivity index (χ2v) is 5.22. The van der Waals surface area contributed by atoms with E-state index < -0.39 is 0 Å². The summed E-state index contributed by atoms with van der Waals surface area (Å²) in [6.45, 7) is 8.22. The van der Waals surface area contributed by atoms with Crippen LogP contribution in [0.25, 0.3) is 0 Å². The Labute approximate surface area is 107 Å². The van der Waals surface area contributed by atoms with Gasteiger partial charge in [-0.25, -0.2) is 0 Å². The lowest BCUT2D eigenvalue weighted by Gasteiger charge is -2.32. The van der Waals surface area contributed by atoms with Crippen molar-refractivity contribution >= 4 is 23.0 Å². The molecule has 2 N–H and O–H groups in total. The minimum Gasteiger partial charge on any atom is -0.331 e. The second-order valence-electron chi connectivity index (χ2n) is 4.84. The molecule has 90 valence electrons. The van der Waals surface area contributed by atoms with E-state index in [2.05, 4.69) is 31.2 Å². The van der Waals surface area contributed by atoms with Gasteiger partial charge in [0.15, 0.2) is 5.11 Å². The largest absolute Gasteiger partial charge is 0.331 e. The molecule has 2 rings (SSSR count). The van der Waals surface area contributed by atoms with Gasteiger partial charge in [-0.2, -0.15) is 0 Å². The van der Waals surface area contributed by atoms with Gasteiger partial charge in [-0.1, -0.05) is 24.8 Å². The van der Waals surface area contributed by atoms with Crippen LogP contribution < -0.4 is 10.7 Å². The number of benzene rings is 1. The van der Waals surface area contributed by atoms with Crippen molar-refractivity contribution in [1.82, 2.24) is 10.4 Å². The molecule has 3 nitrogen and oxygen atoms in total. The van der Waals surface area contributed by atoms with E-state index in [0.717, 1.165) is 17.8 Å². The average molecular weight is 247 g/mol. The van der Waals surface area contributed by atoms with Crippen molar-refractivity contribution in [2.45, 2.75) is 25.8 Å². The van der Waals surface area contributed by atoms with Gasteiger partial charge < -0.3 is 10.7 Å². The van der Waals surface area contributed by atoms with Crippen LogP contribution in [0.3, 0.4) is 0 Å². The smallest absolute Gasteiger partial charge is 0.192 e. The fourth-order valence-corrected chi connectivity index (χ4v) is 2.39. The summed E-state index contributed by atoms with van der Waals surface area (Å²) in [4.78, 5) is 0. The zero-order valence-corrected chi connectivity index (χ0v) is 11.0. The molecule has 0 aliphatic carbocycles. The normalized spacial score (nSPS) is 17.8. The first kappa shape index (κ1) is 11.9. The van der Waals surface area contributed by atoms with E-state index in [-0.39, 0.29) is 5.54 Å². The highest BCUT2D eigenvalue weighted by Crippen LogP contribution is 2.27. The van der Waals surface area contributed by atoms with Crippen LogP contribution in [0.4, 0.5) is 5.69 Å². The van der Waals surface area contributed by atoms with Gasteiger partial charge in [0.25, 0.3) is 0 Å². The maximum atomic E-state index is 5.41. The molecular formula is C13H17N3S. The van der Waals surface area contributed by atoms with Crippen LogP contribution in [0.5, 0.6) is 0 Å². The van der Waals surface area contributed by atoms with Gasteiger partial charge in [-0.15, -0.1) is 0 Å². The highest BCUT2D eigenvalue weighted by molar-refractivity contribution is 7.80. The van der Waals surface area contributed by atoms with Crippen LogP contribution in [0.2, 0.25) is 0 Å². The first-order chi connectivity index (χ1) is 7.99. The van der Waals surface area contributed by atoms with E-state index in [0.29, 0.717) is 5.11 Å². The molecule has 0 aromatic heterocycles. The summed E-state index contributed by atoms with van der Waals surface area (Å²) in [6, 6.07) is 9.92. The van der Waals surface area contributed by atoms with Crippen molar-refractivity contribution < 1.29 is 0 Å². The molecule has 1 aromatic carbocycles. The molecule has 1 aliphatic heterocycles. The summed E-state index contributed by atoms with van der Waals surface area (Å²) in [7, 11) is 0. The van der Waals surface area contributed by atoms with E-state index in [1.807, 2.05) is 35.3 Å². The number of nitrogens with zero attached hydrogens (tertiary/aromatic N) is 1. The standard InChI is InChI=1S/C13H17N3S/c1-10-9-13(2,3)16(15-10)12(17)14-11-7-5-4-6-8-11/h4-8,15H,1,9H2,2-3H3,(H,14,17). The molecule has 4 heteroatoms. The molecule has 1 fully saturated rings. The summed E-state index contributed by atoms with van der Waals surface area (Å²) in [6.07, 6.45) is 0.892. The van der Waals surface area contributed by atoms with Gasteiger partial charge in [-0.05, 0) is 38.2 Å². The minimum absolute atomic E-state index is 0.0457. The molecule has 0 saturated carbocycles. The Morgan fingerprint density at radius 2 is 2.06 bits per heavy atom. The van der Waals surface area contributed by atoms with Gasteiger partial charge in [0.1, 0.15) is 0 Å². The molecule has 1 aromatic rings. The Balaban J connectivity index is 2.09. The van der Waals surface area contributed by atoms with Crippen molar-refractivity contribution in [3.8, 4) is 0 Å². The summed E-state index contributed by atoms with van der Waals surface area (Å²) in [5, 5.41) is 5.84. The Kier molecular flexibility index (Phi) is 3.07. The molecule has 0 spiro atoms. The third-order valence-corrected chi connectivity index (χ3v) is 3.03. The van der Waals surface area contributed by atoms with Crippen LogP contribution in [-0.2, 0) is 0 Å². The molecule has 1 saturated heterocycles. The van der Waals surface area contributed by atoms with Gasteiger partial charge in [0.05, 0.1) is 5.54 Å². The zero-order valence-electron chi connectivity index (χ0n) is 10.2. The summed E-state index contributed by atoms with van der Waals surface area (Å²) in [5.74, 6) is 0. The van der Waals surface area contributed by atoms with Crippen molar-refractivity contribution in [3.05, 3.63) is 42.6 Å². The Bertz CT molecular complexity index is 439. The van der Waals surface area contributed by atoms with Crippen molar-refractivity contribution in [1.29, 1.82) is 0 Å². The predicted octanol–water partition coefficient (Wildman–Crippen LogP) is 2.89. The van der Waals surface area contributed by atoms with Crippen LogP contribution >= 0.6 is 12.2 Å². The maximum Gasteiger partial charge on any atom is 0.192 e. The first-order valence-corrected chi connectivity index (χ1v) is 6.00. The fourth-order valence-electron chi connectivity index (χ4n) is 1.98. The van der Waals surface area contributed by atoms with Crippen LogP contribution in [0, 0.1) is 0 Å². The number of hydrogen-bond acceptors (Lipinski definition) is 2. The van der Waals surface area contributed by atoms with Crippen LogP contribution in [0.15, 0.2) is 42.6 Å². The highest BCUT2D eigenvalue weighted by Gasteiger charge is 2.35. The quantitative estimate of drug-likeness (QED) is 0.746. The molecule has 0 radical (unpaired) electrons. The van der Waals surface area contributed by atoms with E-state index in [1.165, 1.54) is 0 Å². The predicted molar refractivity (Wildman–Crippen MR) is 75.5 cm³/mol. The number of anilines is 1. The number of thiocarbonyl (C=S) groups is 1. The molecule has 0 atom stereocenters. The fraction of sp³-hybridized carbons (Fsp3) is 0.308. The minimum atomic E-state index is -0.0457. The number of nitrogens with one attached hydrogen (secondary N) is 2. The summed E-state index contributed by atoms with van der Waals surface area (Å²) in [5.41, 5.74) is 5.14. The van der Waals surface area contributed by atoms with Gasteiger partial charge >= 0.3 is 0 Å². The number of para-hydroxylation sites is 1. The molecule has 1 heterocycles. The van der Waals surface area contributed by atoms with E-state index in [4.69, 9.17) is 12.2 Å². The van der Waals surface area contributed by atoms with Crippen LogP contribution in [-0.4, -0.2) is 15.7 Å². The summed E-state index contributed by atoms with van der Waals surface area (Å²) >= 11 is 5.41.